The van der Waals surface area contributed by atoms with Crippen molar-refractivity contribution in [2.24, 2.45) is 5.92 Å². The number of rotatable bonds is 5. The number of carbonyl (C=O) groups excluding carboxylic acids is 2. The first-order chi connectivity index (χ1) is 8.13. The Hall–Kier alpha value is -0.460. The average molecular weight is 297 g/mol. The number of thioether (sulfide) groups is 1. The van der Waals surface area contributed by atoms with Crippen LogP contribution in [0, 0.1) is 5.92 Å². The second kappa shape index (κ2) is 9.47. The zero-order valence-electron chi connectivity index (χ0n) is 10.7. The average Bonchev–Trinajstić information content (AvgIpc) is 2.36. The van der Waals surface area contributed by atoms with Gasteiger partial charge in [-0.1, -0.05) is 6.92 Å². The van der Waals surface area contributed by atoms with Crippen molar-refractivity contribution in [1.29, 1.82) is 0 Å². The zero-order valence-corrected chi connectivity index (χ0v) is 12.4. The Morgan fingerprint density at radius 2 is 2.28 bits per heavy atom. The number of hydrogen-bond donors (Lipinski definition) is 2. The molecule has 0 radical (unpaired) electrons. The topological polar surface area (TPSA) is 67.4 Å². The normalized spacial score (nSPS) is 20.4. The van der Waals surface area contributed by atoms with Crippen LogP contribution < -0.4 is 10.6 Å². The highest BCUT2D eigenvalue weighted by atomic mass is 35.5. The first kappa shape index (κ1) is 17.5. The largest absolute Gasteiger partial charge is 0.469 e. The predicted molar refractivity (Wildman–Crippen MR) is 75.2 cm³/mol. The molecule has 0 aromatic carbocycles. The van der Waals surface area contributed by atoms with Crippen LogP contribution in [-0.2, 0) is 14.3 Å². The molecule has 1 saturated heterocycles. The molecular weight excluding hydrogens is 276 g/mol. The van der Waals surface area contributed by atoms with Crippen molar-refractivity contribution in [2.75, 3.05) is 31.7 Å². The second-order valence-corrected chi connectivity index (χ2v) is 5.31. The Labute approximate surface area is 118 Å². The Bertz CT molecular complexity index is 273. The van der Waals surface area contributed by atoms with E-state index in [0.717, 1.165) is 18.1 Å². The number of amides is 1. The fourth-order valence-corrected chi connectivity index (χ4v) is 2.55. The van der Waals surface area contributed by atoms with E-state index in [1.807, 2.05) is 11.8 Å². The van der Waals surface area contributed by atoms with Crippen molar-refractivity contribution in [1.82, 2.24) is 10.6 Å². The maximum absolute atomic E-state index is 11.6. The highest BCUT2D eigenvalue weighted by Gasteiger charge is 2.18. The van der Waals surface area contributed by atoms with E-state index < -0.39 is 0 Å². The molecule has 1 aliphatic heterocycles. The van der Waals surface area contributed by atoms with Gasteiger partial charge in [0.1, 0.15) is 0 Å². The molecule has 7 heteroatoms. The summed E-state index contributed by atoms with van der Waals surface area (Å²) in [5.41, 5.74) is 0. The lowest BCUT2D eigenvalue weighted by Crippen LogP contribution is -2.42. The van der Waals surface area contributed by atoms with Crippen molar-refractivity contribution in [3.63, 3.8) is 0 Å². The molecule has 0 aromatic heterocycles. The lowest BCUT2D eigenvalue weighted by atomic mass is 10.1. The van der Waals surface area contributed by atoms with E-state index in [-0.39, 0.29) is 36.2 Å². The third-order valence-corrected chi connectivity index (χ3v) is 3.77. The Morgan fingerprint density at radius 3 is 2.83 bits per heavy atom. The summed E-state index contributed by atoms with van der Waals surface area (Å²) >= 11 is 1.86. The summed E-state index contributed by atoms with van der Waals surface area (Å²) in [6.07, 6.45) is 0.473. The number of esters is 1. The molecule has 1 aliphatic rings. The minimum Gasteiger partial charge on any atom is -0.469 e. The molecule has 2 atom stereocenters. The molecular formula is C11H21ClN2O3S. The van der Waals surface area contributed by atoms with Gasteiger partial charge in [0.15, 0.2) is 0 Å². The van der Waals surface area contributed by atoms with Crippen LogP contribution in [0.5, 0.6) is 0 Å². The van der Waals surface area contributed by atoms with Crippen LogP contribution in [-0.4, -0.2) is 49.6 Å². The van der Waals surface area contributed by atoms with Crippen molar-refractivity contribution in [2.45, 2.75) is 19.4 Å². The molecule has 2 N–H and O–H groups in total. The smallest absolute Gasteiger partial charge is 0.310 e. The molecule has 1 fully saturated rings. The Balaban J connectivity index is 0.00000289. The number of nitrogens with one attached hydrogen (secondary N) is 2. The summed E-state index contributed by atoms with van der Waals surface area (Å²) in [7, 11) is 1.35. The van der Waals surface area contributed by atoms with Crippen LogP contribution in [0.25, 0.3) is 0 Å². The maximum Gasteiger partial charge on any atom is 0.310 e. The summed E-state index contributed by atoms with van der Waals surface area (Å²) in [5, 5.41) is 6.05. The molecule has 18 heavy (non-hydrogen) atoms. The fraction of sp³-hybridized carbons (Fsp3) is 0.818. The van der Waals surface area contributed by atoms with Crippen molar-refractivity contribution >= 4 is 36.0 Å². The minimum absolute atomic E-state index is 0. The molecule has 106 valence electrons. The van der Waals surface area contributed by atoms with Crippen molar-refractivity contribution < 1.29 is 14.3 Å². The highest BCUT2D eigenvalue weighted by Crippen LogP contribution is 2.10. The molecule has 5 nitrogen and oxygen atoms in total. The van der Waals surface area contributed by atoms with E-state index in [1.54, 1.807) is 6.92 Å². The first-order valence-corrected chi connectivity index (χ1v) is 6.94. The van der Waals surface area contributed by atoms with Gasteiger partial charge < -0.3 is 15.4 Å². The van der Waals surface area contributed by atoms with Gasteiger partial charge in [-0.05, 0) is 0 Å². The van der Waals surface area contributed by atoms with E-state index in [0.29, 0.717) is 13.0 Å². The van der Waals surface area contributed by atoms with E-state index >= 15 is 0 Å². The SMILES string of the molecule is COC(=O)C(C)CNC(=O)CC1CSCCN1.Cl. The zero-order chi connectivity index (χ0) is 12.7. The number of methoxy groups -OCH3 is 1. The van der Waals surface area contributed by atoms with Gasteiger partial charge in [0.2, 0.25) is 5.91 Å². The summed E-state index contributed by atoms with van der Waals surface area (Å²) in [6.45, 7) is 3.04. The van der Waals surface area contributed by atoms with E-state index in [2.05, 4.69) is 15.4 Å². The van der Waals surface area contributed by atoms with Crippen LogP contribution in [0.3, 0.4) is 0 Å². The predicted octanol–water partition coefficient (Wildman–Crippen LogP) is 0.429. The number of ether oxygens (including phenoxy) is 1. The lowest BCUT2D eigenvalue weighted by Gasteiger charge is -2.22. The van der Waals surface area contributed by atoms with Crippen LogP contribution in [0.1, 0.15) is 13.3 Å². The number of hydrogen-bond acceptors (Lipinski definition) is 5. The van der Waals surface area contributed by atoms with Crippen LogP contribution in [0.4, 0.5) is 0 Å². The quantitative estimate of drug-likeness (QED) is 0.720. The standard InChI is InChI=1S/C11H20N2O3S.ClH/c1-8(11(15)16-2)6-13-10(14)5-9-7-17-4-3-12-9;/h8-9,12H,3-7H2,1-2H3,(H,13,14);1H. The lowest BCUT2D eigenvalue weighted by molar-refractivity contribution is -0.144. The van der Waals surface area contributed by atoms with Gasteiger partial charge in [-0.15, -0.1) is 12.4 Å². The number of carbonyl (C=O) groups is 2. The molecule has 0 aromatic rings. The number of halogens is 1. The molecule has 2 unspecified atom stereocenters. The third-order valence-electron chi connectivity index (χ3n) is 2.64. The molecule has 1 amide bonds. The fourth-order valence-electron chi connectivity index (χ4n) is 1.60. The van der Waals surface area contributed by atoms with Crippen molar-refractivity contribution in [3.8, 4) is 0 Å². The van der Waals surface area contributed by atoms with Crippen LogP contribution in [0.2, 0.25) is 0 Å². The first-order valence-electron chi connectivity index (χ1n) is 5.79. The maximum atomic E-state index is 11.6. The van der Waals surface area contributed by atoms with Gasteiger partial charge in [0.05, 0.1) is 13.0 Å². The van der Waals surface area contributed by atoms with Gasteiger partial charge in [0.25, 0.3) is 0 Å². The Morgan fingerprint density at radius 1 is 1.56 bits per heavy atom. The van der Waals surface area contributed by atoms with Gasteiger partial charge in [-0.2, -0.15) is 11.8 Å². The minimum atomic E-state index is -0.295. The summed E-state index contributed by atoms with van der Waals surface area (Å²) in [6, 6.07) is 0.252. The van der Waals surface area contributed by atoms with Crippen LogP contribution in [0.15, 0.2) is 0 Å². The third kappa shape index (κ3) is 6.47. The monoisotopic (exact) mass is 296 g/mol. The van der Waals surface area contributed by atoms with Gasteiger partial charge in [-0.25, -0.2) is 0 Å². The van der Waals surface area contributed by atoms with E-state index in [1.165, 1.54) is 7.11 Å². The summed E-state index contributed by atoms with van der Waals surface area (Å²) in [4.78, 5) is 22.7. The van der Waals surface area contributed by atoms with Crippen LogP contribution >= 0.6 is 24.2 Å². The Kier molecular flexibility index (Phi) is 9.23. The van der Waals surface area contributed by atoms with Gasteiger partial charge in [-0.3, -0.25) is 9.59 Å². The van der Waals surface area contributed by atoms with Crippen molar-refractivity contribution in [3.05, 3.63) is 0 Å². The van der Waals surface area contributed by atoms with E-state index in [4.69, 9.17) is 0 Å². The molecule has 0 spiro atoms. The van der Waals surface area contributed by atoms with Gasteiger partial charge in [0, 0.05) is 37.1 Å². The highest BCUT2D eigenvalue weighted by molar-refractivity contribution is 7.99. The molecule has 0 bridgehead atoms. The molecule has 0 aliphatic carbocycles. The molecule has 1 rings (SSSR count). The summed E-state index contributed by atoms with van der Waals surface area (Å²) in [5.74, 6) is 1.48. The van der Waals surface area contributed by atoms with Gasteiger partial charge >= 0.3 is 5.97 Å². The molecule has 1 heterocycles. The van der Waals surface area contributed by atoms with E-state index in [9.17, 15) is 9.59 Å². The molecule has 0 saturated carbocycles. The second-order valence-electron chi connectivity index (χ2n) is 4.16. The summed E-state index contributed by atoms with van der Waals surface area (Å²) < 4.78 is 4.59.